The molecule has 3 nitrogen and oxygen atoms in total. The minimum Gasteiger partial charge on any atom is -0.309 e. The van der Waals surface area contributed by atoms with Crippen molar-refractivity contribution in [1.29, 1.82) is 0 Å². The summed E-state index contributed by atoms with van der Waals surface area (Å²) in [7, 11) is 2.14. The lowest BCUT2D eigenvalue weighted by Crippen LogP contribution is -2.36. The van der Waals surface area contributed by atoms with E-state index in [0.29, 0.717) is 12.6 Å². The molecule has 1 aliphatic heterocycles. The fourth-order valence-electron chi connectivity index (χ4n) is 1.55. The van der Waals surface area contributed by atoms with Gasteiger partial charge in [-0.05, 0) is 26.4 Å². The molecule has 1 unspecified atom stereocenters. The van der Waals surface area contributed by atoms with E-state index in [1.54, 1.807) is 0 Å². The Bertz CT molecular complexity index is 127. The quantitative estimate of drug-likeness (QED) is 0.454. The first-order chi connectivity index (χ1) is 5.34. The highest BCUT2D eigenvalue weighted by Gasteiger charge is 2.19. The van der Waals surface area contributed by atoms with Gasteiger partial charge in [-0.2, -0.15) is 0 Å². The molecule has 0 amide bonds. The van der Waals surface area contributed by atoms with Crippen molar-refractivity contribution in [3.8, 4) is 0 Å². The highest BCUT2D eigenvalue weighted by atomic mass is 16.1. The zero-order chi connectivity index (χ0) is 8.10. The first-order valence-corrected chi connectivity index (χ1v) is 4.19. The Kier molecular flexibility index (Phi) is 3.52. The van der Waals surface area contributed by atoms with Gasteiger partial charge in [0.25, 0.3) is 0 Å². The largest absolute Gasteiger partial charge is 0.309 e. The zero-order valence-corrected chi connectivity index (χ0v) is 7.05. The van der Waals surface area contributed by atoms with Crippen LogP contribution in [0.5, 0.6) is 0 Å². The van der Waals surface area contributed by atoms with Crippen LogP contribution in [0.1, 0.15) is 12.8 Å². The van der Waals surface area contributed by atoms with E-state index in [2.05, 4.69) is 17.3 Å². The summed E-state index contributed by atoms with van der Waals surface area (Å²) in [5.74, 6) is 0. The molecular formula is C8H16N2O. The Morgan fingerprint density at radius 3 is 3.09 bits per heavy atom. The molecule has 0 aromatic rings. The summed E-state index contributed by atoms with van der Waals surface area (Å²) in [6.07, 6.45) is 3.47. The highest BCUT2D eigenvalue weighted by Crippen LogP contribution is 2.12. The Balaban J connectivity index is 2.10. The van der Waals surface area contributed by atoms with Gasteiger partial charge in [-0.3, -0.25) is 0 Å². The summed E-state index contributed by atoms with van der Waals surface area (Å²) in [5, 5.41) is 3.10. The van der Waals surface area contributed by atoms with Crippen LogP contribution in [0.15, 0.2) is 0 Å². The van der Waals surface area contributed by atoms with Crippen LogP contribution >= 0.6 is 0 Å². The van der Waals surface area contributed by atoms with Crippen LogP contribution in [0.25, 0.3) is 0 Å². The topological polar surface area (TPSA) is 32.3 Å². The second kappa shape index (κ2) is 4.46. The number of rotatable bonds is 4. The van der Waals surface area contributed by atoms with Gasteiger partial charge in [0.1, 0.15) is 6.29 Å². The highest BCUT2D eigenvalue weighted by molar-refractivity contribution is 5.51. The van der Waals surface area contributed by atoms with Gasteiger partial charge in [-0.1, -0.05) is 0 Å². The van der Waals surface area contributed by atoms with E-state index in [4.69, 9.17) is 0 Å². The summed E-state index contributed by atoms with van der Waals surface area (Å²) >= 11 is 0. The maximum atomic E-state index is 9.98. The van der Waals surface area contributed by atoms with Crippen LogP contribution in [0.2, 0.25) is 0 Å². The van der Waals surface area contributed by atoms with Crippen molar-refractivity contribution in [1.82, 2.24) is 10.2 Å². The summed E-state index contributed by atoms with van der Waals surface area (Å²) in [5.41, 5.74) is 0. The molecule has 0 radical (unpaired) electrons. The molecule has 11 heavy (non-hydrogen) atoms. The van der Waals surface area contributed by atoms with E-state index in [1.165, 1.54) is 19.4 Å². The van der Waals surface area contributed by atoms with Crippen molar-refractivity contribution >= 4 is 6.29 Å². The van der Waals surface area contributed by atoms with Gasteiger partial charge < -0.3 is 15.0 Å². The fraction of sp³-hybridized carbons (Fsp3) is 0.875. The third kappa shape index (κ3) is 2.60. The van der Waals surface area contributed by atoms with Crippen LogP contribution in [0.4, 0.5) is 0 Å². The molecule has 0 bridgehead atoms. The molecule has 1 saturated heterocycles. The van der Waals surface area contributed by atoms with Crippen LogP contribution in [0.3, 0.4) is 0 Å². The Labute approximate surface area is 67.8 Å². The van der Waals surface area contributed by atoms with Crippen LogP contribution in [-0.4, -0.2) is 43.9 Å². The summed E-state index contributed by atoms with van der Waals surface area (Å²) in [4.78, 5) is 12.3. The van der Waals surface area contributed by atoms with Crippen molar-refractivity contribution in [3.05, 3.63) is 0 Å². The number of likely N-dealkylation sites (tertiary alicyclic amines) is 1. The van der Waals surface area contributed by atoms with E-state index in [-0.39, 0.29) is 0 Å². The lowest BCUT2D eigenvalue weighted by molar-refractivity contribution is -0.107. The van der Waals surface area contributed by atoms with Crippen LogP contribution < -0.4 is 5.32 Å². The Morgan fingerprint density at radius 1 is 1.73 bits per heavy atom. The molecule has 1 aliphatic rings. The summed E-state index contributed by atoms with van der Waals surface area (Å²) in [6.45, 7) is 2.65. The van der Waals surface area contributed by atoms with E-state index in [9.17, 15) is 4.79 Å². The van der Waals surface area contributed by atoms with Gasteiger partial charge in [0, 0.05) is 12.6 Å². The SMILES string of the molecule is CN1CCCC1CNCC=O. The Morgan fingerprint density at radius 2 is 2.55 bits per heavy atom. The van der Waals surface area contributed by atoms with E-state index < -0.39 is 0 Å². The number of hydrogen-bond donors (Lipinski definition) is 1. The third-order valence-electron chi connectivity index (χ3n) is 2.28. The van der Waals surface area contributed by atoms with Crippen molar-refractivity contribution < 1.29 is 4.79 Å². The summed E-state index contributed by atoms with van der Waals surface area (Å²) < 4.78 is 0. The molecule has 3 heteroatoms. The van der Waals surface area contributed by atoms with Crippen LogP contribution in [0, 0.1) is 0 Å². The van der Waals surface area contributed by atoms with Gasteiger partial charge in [-0.15, -0.1) is 0 Å². The predicted molar refractivity (Wildman–Crippen MR) is 44.6 cm³/mol. The number of likely N-dealkylation sites (N-methyl/N-ethyl adjacent to an activating group) is 1. The van der Waals surface area contributed by atoms with Gasteiger partial charge in [0.05, 0.1) is 6.54 Å². The summed E-state index contributed by atoms with van der Waals surface area (Å²) in [6, 6.07) is 0.648. The molecule has 64 valence electrons. The molecule has 0 saturated carbocycles. The van der Waals surface area contributed by atoms with Gasteiger partial charge in [0.15, 0.2) is 0 Å². The van der Waals surface area contributed by atoms with E-state index in [0.717, 1.165) is 12.8 Å². The number of nitrogens with one attached hydrogen (secondary N) is 1. The monoisotopic (exact) mass is 156 g/mol. The molecule has 0 aromatic carbocycles. The van der Waals surface area contributed by atoms with E-state index >= 15 is 0 Å². The number of carbonyl (C=O) groups is 1. The second-order valence-corrected chi connectivity index (χ2v) is 3.10. The molecule has 1 rings (SSSR count). The zero-order valence-electron chi connectivity index (χ0n) is 7.05. The van der Waals surface area contributed by atoms with Crippen molar-refractivity contribution in [2.75, 3.05) is 26.7 Å². The van der Waals surface area contributed by atoms with E-state index in [1.807, 2.05) is 0 Å². The smallest absolute Gasteiger partial charge is 0.133 e. The third-order valence-corrected chi connectivity index (χ3v) is 2.28. The van der Waals surface area contributed by atoms with Crippen molar-refractivity contribution in [2.45, 2.75) is 18.9 Å². The minimum atomic E-state index is 0.490. The molecule has 1 heterocycles. The standard InChI is InChI=1S/C8H16N2O/c1-10-5-2-3-8(10)7-9-4-6-11/h6,8-9H,2-5,7H2,1H3. The van der Waals surface area contributed by atoms with Gasteiger partial charge in [0.2, 0.25) is 0 Å². The lowest BCUT2D eigenvalue weighted by Gasteiger charge is -2.18. The van der Waals surface area contributed by atoms with Crippen LogP contribution in [-0.2, 0) is 4.79 Å². The molecule has 0 spiro atoms. The van der Waals surface area contributed by atoms with Gasteiger partial charge >= 0.3 is 0 Å². The normalized spacial score (nSPS) is 25.7. The number of hydrogen-bond acceptors (Lipinski definition) is 3. The number of aldehydes is 1. The maximum absolute atomic E-state index is 9.98. The molecule has 1 fully saturated rings. The van der Waals surface area contributed by atoms with Crippen molar-refractivity contribution in [3.63, 3.8) is 0 Å². The van der Waals surface area contributed by atoms with Gasteiger partial charge in [-0.25, -0.2) is 0 Å². The molecule has 1 N–H and O–H groups in total. The fourth-order valence-corrected chi connectivity index (χ4v) is 1.55. The average Bonchev–Trinajstić information content (AvgIpc) is 2.37. The first kappa shape index (κ1) is 8.68. The maximum Gasteiger partial charge on any atom is 0.133 e. The predicted octanol–water partition coefficient (Wildman–Crippen LogP) is -0.131. The molecule has 0 aliphatic carbocycles. The second-order valence-electron chi connectivity index (χ2n) is 3.10. The Hall–Kier alpha value is -0.410. The lowest BCUT2D eigenvalue weighted by atomic mass is 10.2. The molecule has 1 atom stereocenters. The minimum absolute atomic E-state index is 0.490. The van der Waals surface area contributed by atoms with Crippen molar-refractivity contribution in [2.24, 2.45) is 0 Å². The molecule has 0 aromatic heterocycles. The number of nitrogens with zero attached hydrogens (tertiary/aromatic N) is 1. The number of carbonyl (C=O) groups excluding carboxylic acids is 1. The first-order valence-electron chi connectivity index (χ1n) is 4.19. The molecular weight excluding hydrogens is 140 g/mol. The average molecular weight is 156 g/mol.